The molecule has 1 aromatic heterocycles. The fraction of sp³-hybridized carbons (Fsp3) is 0.273. The predicted molar refractivity (Wildman–Crippen MR) is 59.5 cm³/mol. The number of aromatic nitrogens is 2. The van der Waals surface area contributed by atoms with E-state index in [1.54, 1.807) is 13.0 Å². The maximum atomic E-state index is 12.1. The van der Waals surface area contributed by atoms with Crippen LogP contribution < -0.4 is 10.1 Å². The molecule has 0 aliphatic heterocycles. The largest absolute Gasteiger partial charge is 0.573 e. The molecule has 0 unspecified atom stereocenters. The first-order valence-electron chi connectivity index (χ1n) is 5.32. The van der Waals surface area contributed by atoms with Gasteiger partial charge in [0.25, 0.3) is 0 Å². The monoisotopic (exact) mass is 273 g/mol. The number of ether oxygens (including phenoxy) is 1. The number of nitrogens with one attached hydrogen (secondary N) is 1. The van der Waals surface area contributed by atoms with Gasteiger partial charge in [0.1, 0.15) is 17.1 Å². The van der Waals surface area contributed by atoms with Crippen LogP contribution in [0.4, 0.5) is 18.9 Å². The van der Waals surface area contributed by atoms with Gasteiger partial charge < -0.3 is 10.1 Å². The summed E-state index contributed by atoms with van der Waals surface area (Å²) in [6.45, 7) is 2.02. The Hall–Kier alpha value is -2.25. The number of halogens is 3. The molecule has 0 aliphatic rings. The predicted octanol–water partition coefficient (Wildman–Crippen LogP) is 2.89. The third kappa shape index (κ3) is 3.87. The second-order valence-corrected chi connectivity index (χ2v) is 3.73. The van der Waals surface area contributed by atoms with Crippen molar-refractivity contribution in [3.63, 3.8) is 0 Å². The standard InChI is InChI=1S/C11H10F3N3O2/c1-7-10(17-19-16-7)6-15-8-3-2-4-9(5-8)18-11(12,13)14/h2-5,15H,6H2,1H3. The second-order valence-electron chi connectivity index (χ2n) is 3.73. The molecule has 1 N–H and O–H groups in total. The maximum Gasteiger partial charge on any atom is 0.573 e. The van der Waals surface area contributed by atoms with Crippen molar-refractivity contribution < 1.29 is 22.5 Å². The molecule has 0 aliphatic carbocycles. The molecule has 0 saturated heterocycles. The van der Waals surface area contributed by atoms with E-state index in [9.17, 15) is 13.2 Å². The fourth-order valence-electron chi connectivity index (χ4n) is 1.40. The molecule has 19 heavy (non-hydrogen) atoms. The molecule has 0 spiro atoms. The van der Waals surface area contributed by atoms with Crippen LogP contribution in [0.5, 0.6) is 5.75 Å². The highest BCUT2D eigenvalue weighted by Gasteiger charge is 2.31. The third-order valence-electron chi connectivity index (χ3n) is 2.27. The van der Waals surface area contributed by atoms with Crippen molar-refractivity contribution in [1.29, 1.82) is 0 Å². The number of rotatable bonds is 4. The highest BCUT2D eigenvalue weighted by Crippen LogP contribution is 2.25. The van der Waals surface area contributed by atoms with Crippen LogP contribution in [0.15, 0.2) is 28.9 Å². The molecule has 1 heterocycles. The molecule has 102 valence electrons. The van der Waals surface area contributed by atoms with E-state index >= 15 is 0 Å². The summed E-state index contributed by atoms with van der Waals surface area (Å²) in [6.07, 6.45) is -4.70. The lowest BCUT2D eigenvalue weighted by Gasteiger charge is -2.10. The maximum absolute atomic E-state index is 12.1. The lowest BCUT2D eigenvalue weighted by atomic mass is 10.3. The van der Waals surface area contributed by atoms with E-state index in [0.717, 1.165) is 0 Å². The van der Waals surface area contributed by atoms with Crippen molar-refractivity contribution in [3.8, 4) is 5.75 Å². The molecule has 0 saturated carbocycles. The van der Waals surface area contributed by atoms with Gasteiger partial charge in [-0.3, -0.25) is 0 Å². The van der Waals surface area contributed by atoms with Crippen LogP contribution in [0.2, 0.25) is 0 Å². The first kappa shape index (κ1) is 13.2. The van der Waals surface area contributed by atoms with E-state index in [-0.39, 0.29) is 5.75 Å². The Morgan fingerprint density at radius 2 is 2.11 bits per heavy atom. The highest BCUT2D eigenvalue weighted by molar-refractivity contribution is 5.48. The summed E-state index contributed by atoms with van der Waals surface area (Å²) in [7, 11) is 0. The smallest absolute Gasteiger partial charge is 0.406 e. The average molecular weight is 273 g/mol. The van der Waals surface area contributed by atoms with Crippen molar-refractivity contribution >= 4 is 5.69 Å². The summed E-state index contributed by atoms with van der Waals surface area (Å²) in [5.74, 6) is -0.285. The van der Waals surface area contributed by atoms with Crippen molar-refractivity contribution in [3.05, 3.63) is 35.7 Å². The molecule has 0 bridgehead atoms. The number of hydrogen-bond donors (Lipinski definition) is 1. The molecule has 1 aromatic carbocycles. The number of benzene rings is 1. The lowest BCUT2D eigenvalue weighted by Crippen LogP contribution is -2.17. The molecule has 2 aromatic rings. The van der Waals surface area contributed by atoms with Gasteiger partial charge in [-0.1, -0.05) is 16.4 Å². The normalized spacial score (nSPS) is 11.4. The van der Waals surface area contributed by atoms with Gasteiger partial charge in [0, 0.05) is 11.8 Å². The molecule has 0 atom stereocenters. The van der Waals surface area contributed by atoms with Gasteiger partial charge in [0.2, 0.25) is 0 Å². The Labute approximate surface area is 106 Å². The molecular weight excluding hydrogens is 263 g/mol. The van der Waals surface area contributed by atoms with Gasteiger partial charge in [-0.25, -0.2) is 4.63 Å². The van der Waals surface area contributed by atoms with Crippen molar-refractivity contribution in [2.24, 2.45) is 0 Å². The number of alkyl halides is 3. The summed E-state index contributed by atoms with van der Waals surface area (Å²) in [5.41, 5.74) is 1.68. The summed E-state index contributed by atoms with van der Waals surface area (Å²) in [4.78, 5) is 0. The molecule has 0 amide bonds. The number of aryl methyl sites for hydroxylation is 1. The first-order chi connectivity index (χ1) is 8.94. The average Bonchev–Trinajstić information content (AvgIpc) is 2.70. The summed E-state index contributed by atoms with van der Waals surface area (Å²) < 4.78 is 44.5. The van der Waals surface area contributed by atoms with E-state index in [2.05, 4.69) is 25.0 Å². The van der Waals surface area contributed by atoms with Gasteiger partial charge in [-0.05, 0) is 19.1 Å². The molecular formula is C11H10F3N3O2. The zero-order valence-corrected chi connectivity index (χ0v) is 9.86. The minimum absolute atomic E-state index is 0.285. The Kier molecular flexibility index (Phi) is 3.59. The van der Waals surface area contributed by atoms with Gasteiger partial charge in [0.05, 0.1) is 6.54 Å². The third-order valence-corrected chi connectivity index (χ3v) is 2.27. The number of anilines is 1. The Morgan fingerprint density at radius 1 is 1.32 bits per heavy atom. The molecule has 8 heteroatoms. The zero-order valence-electron chi connectivity index (χ0n) is 9.86. The van der Waals surface area contributed by atoms with E-state index in [1.807, 2.05) is 0 Å². The Balaban J connectivity index is 2.01. The van der Waals surface area contributed by atoms with Gasteiger partial charge in [-0.2, -0.15) is 0 Å². The lowest BCUT2D eigenvalue weighted by molar-refractivity contribution is -0.274. The van der Waals surface area contributed by atoms with E-state index in [1.165, 1.54) is 18.2 Å². The minimum atomic E-state index is -4.70. The van der Waals surface area contributed by atoms with Crippen molar-refractivity contribution in [1.82, 2.24) is 10.3 Å². The van der Waals surface area contributed by atoms with Gasteiger partial charge in [-0.15, -0.1) is 13.2 Å². The Bertz CT molecular complexity index is 554. The number of hydrogen-bond acceptors (Lipinski definition) is 5. The minimum Gasteiger partial charge on any atom is -0.406 e. The van der Waals surface area contributed by atoms with Crippen LogP contribution in [0.1, 0.15) is 11.4 Å². The van der Waals surface area contributed by atoms with Crippen molar-refractivity contribution in [2.45, 2.75) is 19.8 Å². The van der Waals surface area contributed by atoms with Crippen LogP contribution in [-0.4, -0.2) is 16.7 Å². The zero-order chi connectivity index (χ0) is 13.9. The molecule has 0 radical (unpaired) electrons. The van der Waals surface area contributed by atoms with Crippen molar-refractivity contribution in [2.75, 3.05) is 5.32 Å². The van der Waals surface area contributed by atoms with Gasteiger partial charge >= 0.3 is 6.36 Å². The van der Waals surface area contributed by atoms with Crippen LogP contribution in [0.25, 0.3) is 0 Å². The molecule has 0 fully saturated rings. The van der Waals surface area contributed by atoms with Crippen LogP contribution in [0.3, 0.4) is 0 Å². The first-order valence-corrected chi connectivity index (χ1v) is 5.32. The summed E-state index contributed by atoms with van der Waals surface area (Å²) in [6, 6.07) is 5.54. The highest BCUT2D eigenvalue weighted by atomic mass is 19.4. The number of nitrogens with zero attached hydrogens (tertiary/aromatic N) is 2. The fourth-order valence-corrected chi connectivity index (χ4v) is 1.40. The van der Waals surface area contributed by atoms with Crippen LogP contribution in [-0.2, 0) is 6.54 Å². The summed E-state index contributed by atoms with van der Waals surface area (Å²) >= 11 is 0. The Morgan fingerprint density at radius 3 is 2.74 bits per heavy atom. The van der Waals surface area contributed by atoms with Gasteiger partial charge in [0.15, 0.2) is 0 Å². The molecule has 2 rings (SSSR count). The quantitative estimate of drug-likeness (QED) is 0.928. The summed E-state index contributed by atoms with van der Waals surface area (Å²) in [5, 5.41) is 10.2. The van der Waals surface area contributed by atoms with E-state index < -0.39 is 6.36 Å². The second kappa shape index (κ2) is 5.17. The van der Waals surface area contributed by atoms with Crippen LogP contribution in [0, 0.1) is 6.92 Å². The van der Waals surface area contributed by atoms with E-state index in [0.29, 0.717) is 23.6 Å². The topological polar surface area (TPSA) is 60.2 Å². The SMILES string of the molecule is Cc1nonc1CNc1cccc(OC(F)(F)F)c1. The van der Waals surface area contributed by atoms with Crippen LogP contribution >= 0.6 is 0 Å². The van der Waals surface area contributed by atoms with E-state index in [4.69, 9.17) is 0 Å². The molecule has 5 nitrogen and oxygen atoms in total.